The highest BCUT2D eigenvalue weighted by Gasteiger charge is 2.26. The molecule has 8 heteroatoms. The molecule has 1 amide bonds. The largest absolute Gasteiger partial charge is 0.338 e. The van der Waals surface area contributed by atoms with Gasteiger partial charge in [-0.05, 0) is 56.6 Å². The first-order valence-electron chi connectivity index (χ1n) is 9.86. The number of piperidine rings is 1. The lowest BCUT2D eigenvalue weighted by Crippen LogP contribution is -2.37. The number of nitrogens with zero attached hydrogens (tertiary/aromatic N) is 3. The van der Waals surface area contributed by atoms with E-state index in [4.69, 9.17) is 4.52 Å². The molecule has 2 heterocycles. The van der Waals surface area contributed by atoms with Crippen LogP contribution in [-0.2, 0) is 11.3 Å². The molecule has 2 aromatic carbocycles. The Morgan fingerprint density at radius 1 is 1.27 bits per heavy atom. The molecule has 0 atom stereocenters. The smallest absolute Gasteiger partial charge is 0.241 e. The Morgan fingerprint density at radius 3 is 2.77 bits per heavy atom. The van der Waals surface area contributed by atoms with Crippen LogP contribution in [0.3, 0.4) is 0 Å². The van der Waals surface area contributed by atoms with E-state index in [0.29, 0.717) is 35.6 Å². The molecular formula is C22H22BrFN4O2. The molecule has 0 aliphatic carbocycles. The maximum atomic E-state index is 14.0. The molecule has 0 radical (unpaired) electrons. The van der Waals surface area contributed by atoms with Crippen molar-refractivity contribution in [1.82, 2.24) is 15.0 Å². The van der Waals surface area contributed by atoms with Crippen LogP contribution in [0, 0.1) is 18.7 Å². The molecule has 6 nitrogen and oxygen atoms in total. The van der Waals surface area contributed by atoms with Crippen molar-refractivity contribution < 1.29 is 13.7 Å². The number of aryl methyl sites for hydroxylation is 1. The van der Waals surface area contributed by atoms with Crippen LogP contribution in [0.25, 0.3) is 11.4 Å². The van der Waals surface area contributed by atoms with Crippen molar-refractivity contribution in [1.29, 1.82) is 0 Å². The first kappa shape index (κ1) is 20.7. The average Bonchev–Trinajstić information content (AvgIpc) is 3.19. The van der Waals surface area contributed by atoms with Gasteiger partial charge in [0.25, 0.3) is 0 Å². The number of anilines is 1. The number of nitrogens with one attached hydrogen (secondary N) is 1. The molecule has 1 fully saturated rings. The number of likely N-dealkylation sites (tertiary alicyclic amines) is 1. The topological polar surface area (TPSA) is 71.3 Å². The van der Waals surface area contributed by atoms with Crippen molar-refractivity contribution in [2.24, 2.45) is 5.92 Å². The highest BCUT2D eigenvalue weighted by Crippen LogP contribution is 2.24. The van der Waals surface area contributed by atoms with Gasteiger partial charge in [0.05, 0.1) is 12.2 Å². The number of carbonyl (C=O) groups excluding carboxylic acids is 1. The molecule has 1 aliphatic rings. The summed E-state index contributed by atoms with van der Waals surface area (Å²) in [6.07, 6.45) is 1.39. The number of carbonyl (C=O) groups is 1. The third kappa shape index (κ3) is 4.76. The summed E-state index contributed by atoms with van der Waals surface area (Å²) in [7, 11) is 0. The van der Waals surface area contributed by atoms with E-state index in [1.54, 1.807) is 12.1 Å². The minimum absolute atomic E-state index is 0.143. The zero-order valence-electron chi connectivity index (χ0n) is 16.6. The summed E-state index contributed by atoms with van der Waals surface area (Å²) in [4.78, 5) is 19.2. The first-order chi connectivity index (χ1) is 14.5. The zero-order chi connectivity index (χ0) is 21.1. The van der Waals surface area contributed by atoms with Crippen molar-refractivity contribution in [3.63, 3.8) is 0 Å². The summed E-state index contributed by atoms with van der Waals surface area (Å²) in [5.74, 6) is 0.419. The summed E-state index contributed by atoms with van der Waals surface area (Å²) < 4.78 is 20.0. The summed E-state index contributed by atoms with van der Waals surface area (Å²) in [6, 6.07) is 12.5. The maximum Gasteiger partial charge on any atom is 0.241 e. The summed E-state index contributed by atoms with van der Waals surface area (Å²) in [6.45, 7) is 4.04. The van der Waals surface area contributed by atoms with E-state index in [2.05, 4.69) is 36.3 Å². The van der Waals surface area contributed by atoms with Gasteiger partial charge >= 0.3 is 0 Å². The molecule has 30 heavy (non-hydrogen) atoms. The predicted octanol–water partition coefficient (Wildman–Crippen LogP) is 4.80. The van der Waals surface area contributed by atoms with Gasteiger partial charge in [-0.1, -0.05) is 45.4 Å². The third-order valence-corrected chi connectivity index (χ3v) is 5.85. The van der Waals surface area contributed by atoms with E-state index in [0.717, 1.165) is 24.2 Å². The molecule has 0 saturated carbocycles. The molecule has 156 valence electrons. The van der Waals surface area contributed by atoms with Crippen LogP contribution in [0.2, 0.25) is 0 Å². The normalized spacial score (nSPS) is 15.3. The molecule has 1 N–H and O–H groups in total. The second-order valence-corrected chi connectivity index (χ2v) is 8.41. The van der Waals surface area contributed by atoms with Gasteiger partial charge < -0.3 is 9.84 Å². The van der Waals surface area contributed by atoms with E-state index in [1.807, 2.05) is 31.2 Å². The summed E-state index contributed by atoms with van der Waals surface area (Å²) in [5.41, 5.74) is 2.27. The Bertz CT molecular complexity index is 1050. The van der Waals surface area contributed by atoms with Gasteiger partial charge in [0.1, 0.15) is 5.82 Å². The average molecular weight is 473 g/mol. The van der Waals surface area contributed by atoms with E-state index >= 15 is 0 Å². The van der Waals surface area contributed by atoms with E-state index in [-0.39, 0.29) is 17.5 Å². The lowest BCUT2D eigenvalue weighted by molar-refractivity contribution is -0.121. The fraction of sp³-hybridized carbons (Fsp3) is 0.318. The zero-order valence-corrected chi connectivity index (χ0v) is 18.2. The lowest BCUT2D eigenvalue weighted by atomic mass is 9.96. The van der Waals surface area contributed by atoms with Gasteiger partial charge in [0.15, 0.2) is 0 Å². The minimum atomic E-state index is -0.448. The van der Waals surface area contributed by atoms with E-state index in [9.17, 15) is 9.18 Å². The maximum absolute atomic E-state index is 14.0. The van der Waals surface area contributed by atoms with Gasteiger partial charge in [-0.3, -0.25) is 9.69 Å². The Kier molecular flexibility index (Phi) is 6.24. The second-order valence-electron chi connectivity index (χ2n) is 7.49. The summed E-state index contributed by atoms with van der Waals surface area (Å²) >= 11 is 3.22. The Morgan fingerprint density at radius 2 is 2.03 bits per heavy atom. The molecule has 3 aromatic rings. The molecule has 1 aromatic heterocycles. The number of hydrogen-bond acceptors (Lipinski definition) is 5. The van der Waals surface area contributed by atoms with Gasteiger partial charge in [-0.2, -0.15) is 4.98 Å². The van der Waals surface area contributed by atoms with Crippen molar-refractivity contribution in [3.05, 3.63) is 64.2 Å². The van der Waals surface area contributed by atoms with Gasteiger partial charge in [-0.15, -0.1) is 0 Å². The van der Waals surface area contributed by atoms with Crippen LogP contribution < -0.4 is 5.32 Å². The standard InChI is InChI=1S/C22H22BrFN4O2/c1-14-4-2-3-5-17(14)21-26-20(30-27-21)13-28-10-8-15(9-11-28)22(29)25-19-7-6-16(23)12-18(19)24/h2-7,12,15H,8-11,13H2,1H3,(H,25,29). The highest BCUT2D eigenvalue weighted by molar-refractivity contribution is 9.10. The Hall–Kier alpha value is -2.58. The van der Waals surface area contributed by atoms with Gasteiger partial charge in [-0.25, -0.2) is 4.39 Å². The van der Waals surface area contributed by atoms with Crippen LogP contribution >= 0.6 is 15.9 Å². The number of amides is 1. The quantitative estimate of drug-likeness (QED) is 0.577. The molecular weight excluding hydrogens is 451 g/mol. The molecule has 4 rings (SSSR count). The van der Waals surface area contributed by atoms with Crippen LogP contribution in [0.4, 0.5) is 10.1 Å². The number of halogens is 2. The van der Waals surface area contributed by atoms with Crippen molar-refractivity contribution in [3.8, 4) is 11.4 Å². The highest BCUT2D eigenvalue weighted by atomic mass is 79.9. The van der Waals surface area contributed by atoms with Crippen LogP contribution in [0.15, 0.2) is 51.5 Å². The number of hydrogen-bond donors (Lipinski definition) is 1. The molecule has 1 aliphatic heterocycles. The number of benzene rings is 2. The first-order valence-corrected chi connectivity index (χ1v) is 10.7. The number of aromatic nitrogens is 2. The predicted molar refractivity (Wildman–Crippen MR) is 115 cm³/mol. The fourth-order valence-electron chi connectivity index (χ4n) is 3.62. The molecule has 0 bridgehead atoms. The van der Waals surface area contributed by atoms with E-state index < -0.39 is 5.82 Å². The van der Waals surface area contributed by atoms with Crippen molar-refractivity contribution in [2.45, 2.75) is 26.3 Å². The third-order valence-electron chi connectivity index (χ3n) is 5.36. The molecule has 1 saturated heterocycles. The number of rotatable bonds is 5. The Balaban J connectivity index is 1.31. The Labute approximate surface area is 182 Å². The van der Waals surface area contributed by atoms with Gasteiger partial charge in [0, 0.05) is 16.0 Å². The summed E-state index contributed by atoms with van der Waals surface area (Å²) in [5, 5.41) is 6.81. The lowest BCUT2D eigenvalue weighted by Gasteiger charge is -2.30. The van der Waals surface area contributed by atoms with Crippen LogP contribution in [0.5, 0.6) is 0 Å². The van der Waals surface area contributed by atoms with Crippen LogP contribution in [0.1, 0.15) is 24.3 Å². The molecule has 0 spiro atoms. The molecule has 0 unspecified atom stereocenters. The van der Waals surface area contributed by atoms with E-state index in [1.165, 1.54) is 6.07 Å². The second kappa shape index (κ2) is 9.06. The monoisotopic (exact) mass is 472 g/mol. The SMILES string of the molecule is Cc1ccccc1-c1noc(CN2CCC(C(=O)Nc3ccc(Br)cc3F)CC2)n1. The fourth-order valence-corrected chi connectivity index (χ4v) is 3.96. The van der Waals surface area contributed by atoms with Crippen molar-refractivity contribution in [2.75, 3.05) is 18.4 Å². The van der Waals surface area contributed by atoms with Gasteiger partial charge in [0.2, 0.25) is 17.6 Å². The van der Waals surface area contributed by atoms with Crippen LogP contribution in [-0.4, -0.2) is 34.0 Å². The minimum Gasteiger partial charge on any atom is -0.338 e. The van der Waals surface area contributed by atoms with Crippen molar-refractivity contribution >= 4 is 27.5 Å².